The zero-order chi connectivity index (χ0) is 21.8. The Balaban J connectivity index is 1.62. The second-order valence-electron chi connectivity index (χ2n) is 7.85. The van der Waals surface area contributed by atoms with Gasteiger partial charge in [-0.1, -0.05) is 54.6 Å². The van der Waals surface area contributed by atoms with Crippen LogP contribution in [0.15, 0.2) is 84.4 Å². The van der Waals surface area contributed by atoms with E-state index < -0.39 is 5.60 Å². The Labute approximate surface area is 182 Å². The molecule has 4 rings (SSSR count). The topological polar surface area (TPSA) is 55.8 Å². The molecule has 0 radical (unpaired) electrons. The van der Waals surface area contributed by atoms with Crippen molar-refractivity contribution in [2.45, 2.75) is 31.5 Å². The van der Waals surface area contributed by atoms with E-state index in [-0.39, 0.29) is 11.9 Å². The molecule has 0 spiro atoms. The molecule has 0 aromatic heterocycles. The average molecular weight is 415 g/mol. The number of methoxy groups -OCH3 is 1. The van der Waals surface area contributed by atoms with Crippen molar-refractivity contribution in [2.75, 3.05) is 7.11 Å². The van der Waals surface area contributed by atoms with Gasteiger partial charge >= 0.3 is 0 Å². The summed E-state index contributed by atoms with van der Waals surface area (Å²) in [5.74, 6) is 1.40. The third-order valence-electron chi connectivity index (χ3n) is 5.73. The van der Waals surface area contributed by atoms with Crippen LogP contribution in [0.2, 0.25) is 0 Å². The number of benzene rings is 3. The molecule has 0 amide bonds. The van der Waals surface area contributed by atoms with Crippen molar-refractivity contribution in [3.05, 3.63) is 101 Å². The molecule has 4 nitrogen and oxygen atoms in total. The summed E-state index contributed by atoms with van der Waals surface area (Å²) >= 11 is 0. The van der Waals surface area contributed by atoms with Gasteiger partial charge in [0.15, 0.2) is 5.78 Å². The summed E-state index contributed by atoms with van der Waals surface area (Å²) in [7, 11) is 1.61. The lowest BCUT2D eigenvalue weighted by Crippen LogP contribution is -2.28. The number of rotatable bonds is 7. The minimum atomic E-state index is -1.36. The lowest BCUT2D eigenvalue weighted by Gasteiger charge is -2.27. The maximum atomic E-state index is 13.2. The molecule has 158 valence electrons. The Hall–Kier alpha value is -3.37. The Morgan fingerprint density at radius 2 is 1.61 bits per heavy atom. The van der Waals surface area contributed by atoms with Crippen LogP contribution in [0.1, 0.15) is 41.3 Å². The van der Waals surface area contributed by atoms with Gasteiger partial charge in [0.2, 0.25) is 0 Å². The minimum absolute atomic E-state index is 0.114. The number of para-hydroxylation sites is 1. The van der Waals surface area contributed by atoms with E-state index >= 15 is 0 Å². The highest BCUT2D eigenvalue weighted by atomic mass is 16.5. The Morgan fingerprint density at radius 1 is 0.935 bits per heavy atom. The standard InChI is InChI=1S/C27H26O4/c1-19(31-22-8-4-3-5-9-22)16-17-27(29)24-11-7-6-10-23(24)26(28)25(27)18-20-12-14-21(30-2)15-13-20/h3-15,18-19,29H,16-17H2,1-2H3/b25-18+. The van der Waals surface area contributed by atoms with E-state index in [0.29, 0.717) is 29.5 Å². The highest BCUT2D eigenvalue weighted by molar-refractivity contribution is 6.17. The fourth-order valence-electron chi connectivity index (χ4n) is 4.04. The van der Waals surface area contributed by atoms with Crippen molar-refractivity contribution >= 4 is 11.9 Å². The Bertz CT molecular complexity index is 1090. The van der Waals surface area contributed by atoms with Crippen LogP contribution in [0.5, 0.6) is 11.5 Å². The SMILES string of the molecule is COc1ccc(/C=C2\C(=O)c3ccccc3C2(O)CCC(C)Oc2ccccc2)cc1. The van der Waals surface area contributed by atoms with Crippen LogP contribution in [0.4, 0.5) is 0 Å². The van der Waals surface area contributed by atoms with Crippen LogP contribution in [-0.2, 0) is 5.60 Å². The molecular formula is C27H26O4. The average Bonchev–Trinajstić information content (AvgIpc) is 3.01. The highest BCUT2D eigenvalue weighted by Gasteiger charge is 2.46. The van der Waals surface area contributed by atoms with Crippen molar-refractivity contribution in [1.82, 2.24) is 0 Å². The third-order valence-corrected chi connectivity index (χ3v) is 5.73. The largest absolute Gasteiger partial charge is 0.497 e. The summed E-state index contributed by atoms with van der Waals surface area (Å²) in [5, 5.41) is 11.8. The minimum Gasteiger partial charge on any atom is -0.497 e. The van der Waals surface area contributed by atoms with Gasteiger partial charge in [0.25, 0.3) is 0 Å². The van der Waals surface area contributed by atoms with Crippen LogP contribution in [0.25, 0.3) is 6.08 Å². The number of carbonyl (C=O) groups is 1. The zero-order valence-corrected chi connectivity index (χ0v) is 17.7. The van der Waals surface area contributed by atoms with Gasteiger partial charge in [0.1, 0.15) is 17.1 Å². The van der Waals surface area contributed by atoms with Gasteiger partial charge in [0.05, 0.1) is 13.2 Å². The summed E-state index contributed by atoms with van der Waals surface area (Å²) in [5.41, 5.74) is 1.09. The quantitative estimate of drug-likeness (QED) is 0.525. The predicted molar refractivity (Wildman–Crippen MR) is 121 cm³/mol. The fourth-order valence-corrected chi connectivity index (χ4v) is 4.04. The normalized spacial score (nSPS) is 19.8. The van der Waals surface area contributed by atoms with E-state index in [4.69, 9.17) is 9.47 Å². The predicted octanol–water partition coefficient (Wildman–Crippen LogP) is 5.41. The van der Waals surface area contributed by atoms with E-state index in [9.17, 15) is 9.90 Å². The van der Waals surface area contributed by atoms with Gasteiger partial charge in [0, 0.05) is 11.1 Å². The van der Waals surface area contributed by atoms with Gasteiger partial charge in [-0.05, 0) is 61.2 Å². The molecule has 1 N–H and O–H groups in total. The first-order valence-corrected chi connectivity index (χ1v) is 10.5. The van der Waals surface area contributed by atoms with Gasteiger partial charge in [-0.2, -0.15) is 0 Å². The third kappa shape index (κ3) is 4.25. The van der Waals surface area contributed by atoms with E-state index in [1.165, 1.54) is 0 Å². The van der Waals surface area contributed by atoms with E-state index in [1.54, 1.807) is 19.3 Å². The highest BCUT2D eigenvalue weighted by Crippen LogP contribution is 2.45. The molecule has 1 aliphatic rings. The number of Topliss-reactive ketones (excluding diaryl/α,β-unsaturated/α-hetero) is 1. The Kier molecular flexibility index (Phi) is 5.92. The Morgan fingerprint density at radius 3 is 2.32 bits per heavy atom. The van der Waals surface area contributed by atoms with Crippen molar-refractivity contribution in [3.63, 3.8) is 0 Å². The number of ether oxygens (including phenoxy) is 2. The first-order chi connectivity index (χ1) is 15.0. The molecule has 0 bridgehead atoms. The maximum Gasteiger partial charge on any atom is 0.192 e. The molecule has 0 aliphatic heterocycles. The van der Waals surface area contributed by atoms with Gasteiger partial charge in [-0.3, -0.25) is 4.79 Å². The van der Waals surface area contributed by atoms with Crippen molar-refractivity contribution in [3.8, 4) is 11.5 Å². The molecule has 0 saturated heterocycles. The number of ketones is 1. The molecule has 31 heavy (non-hydrogen) atoms. The lowest BCUT2D eigenvalue weighted by molar-refractivity contribution is 0.0546. The van der Waals surface area contributed by atoms with Crippen LogP contribution in [-0.4, -0.2) is 24.1 Å². The van der Waals surface area contributed by atoms with Crippen LogP contribution >= 0.6 is 0 Å². The fraction of sp³-hybridized carbons (Fsp3) is 0.222. The van der Waals surface area contributed by atoms with E-state index in [2.05, 4.69) is 0 Å². The molecule has 3 aromatic rings. The first kappa shape index (κ1) is 20.9. The summed E-state index contributed by atoms with van der Waals surface area (Å²) in [6.45, 7) is 1.98. The lowest BCUT2D eigenvalue weighted by atomic mass is 9.85. The summed E-state index contributed by atoms with van der Waals surface area (Å²) < 4.78 is 11.2. The molecule has 0 heterocycles. The van der Waals surface area contributed by atoms with Gasteiger partial charge in [-0.25, -0.2) is 0 Å². The van der Waals surface area contributed by atoms with Gasteiger partial charge in [-0.15, -0.1) is 0 Å². The molecule has 2 unspecified atom stereocenters. The van der Waals surface area contributed by atoms with Crippen molar-refractivity contribution < 1.29 is 19.4 Å². The van der Waals surface area contributed by atoms with Crippen molar-refractivity contribution in [1.29, 1.82) is 0 Å². The molecule has 2 atom stereocenters. The smallest absolute Gasteiger partial charge is 0.192 e. The number of aliphatic hydroxyl groups is 1. The maximum absolute atomic E-state index is 13.2. The molecule has 0 fully saturated rings. The summed E-state index contributed by atoms with van der Waals surface area (Å²) in [6.07, 6.45) is 2.64. The van der Waals surface area contributed by atoms with Crippen molar-refractivity contribution in [2.24, 2.45) is 0 Å². The van der Waals surface area contributed by atoms with Crippen LogP contribution in [0.3, 0.4) is 0 Å². The number of hydrogen-bond acceptors (Lipinski definition) is 4. The number of hydrogen-bond donors (Lipinski definition) is 1. The first-order valence-electron chi connectivity index (χ1n) is 10.5. The van der Waals surface area contributed by atoms with Gasteiger partial charge < -0.3 is 14.6 Å². The zero-order valence-electron chi connectivity index (χ0n) is 17.7. The molecule has 3 aromatic carbocycles. The molecule has 1 aliphatic carbocycles. The second kappa shape index (κ2) is 8.78. The summed E-state index contributed by atoms with van der Waals surface area (Å²) in [4.78, 5) is 13.2. The van der Waals surface area contributed by atoms with Crippen LogP contribution in [0, 0.1) is 0 Å². The molecule has 0 saturated carbocycles. The van der Waals surface area contributed by atoms with Crippen LogP contribution < -0.4 is 9.47 Å². The molecule has 4 heteroatoms. The monoisotopic (exact) mass is 414 g/mol. The van der Waals surface area contributed by atoms with E-state index in [1.807, 2.05) is 79.7 Å². The number of carbonyl (C=O) groups excluding carboxylic acids is 1. The number of fused-ring (bicyclic) bond motifs is 1. The second-order valence-corrected chi connectivity index (χ2v) is 7.85. The van der Waals surface area contributed by atoms with E-state index in [0.717, 1.165) is 17.1 Å². The molecular weight excluding hydrogens is 388 g/mol. The summed E-state index contributed by atoms with van der Waals surface area (Å²) in [6, 6.07) is 24.4.